The van der Waals surface area contributed by atoms with Crippen LogP contribution < -0.4 is 5.32 Å². The third kappa shape index (κ3) is 3.96. The molecule has 5 rings (SSSR count). The van der Waals surface area contributed by atoms with Crippen molar-refractivity contribution in [2.24, 2.45) is 0 Å². The van der Waals surface area contributed by atoms with Crippen LogP contribution in [0.3, 0.4) is 0 Å². The number of amides is 1. The van der Waals surface area contributed by atoms with Gasteiger partial charge in [-0.15, -0.1) is 10.2 Å². The van der Waals surface area contributed by atoms with E-state index in [1.54, 1.807) is 12.3 Å². The van der Waals surface area contributed by atoms with E-state index in [2.05, 4.69) is 31.6 Å². The van der Waals surface area contributed by atoms with E-state index in [0.717, 1.165) is 45.1 Å². The van der Waals surface area contributed by atoms with Crippen molar-refractivity contribution in [1.29, 1.82) is 0 Å². The molecule has 0 bridgehead atoms. The Hall–Kier alpha value is -3.10. The molecule has 0 aliphatic heterocycles. The van der Waals surface area contributed by atoms with Gasteiger partial charge in [0, 0.05) is 16.5 Å². The van der Waals surface area contributed by atoms with E-state index in [-0.39, 0.29) is 5.91 Å². The average Bonchev–Trinajstić information content (AvgIpc) is 3.07. The monoisotopic (exact) mass is 431 g/mol. The Morgan fingerprint density at radius 3 is 3.00 bits per heavy atom. The van der Waals surface area contributed by atoms with Crippen molar-refractivity contribution in [3.8, 4) is 0 Å². The summed E-state index contributed by atoms with van der Waals surface area (Å²) in [4.78, 5) is 22.6. The van der Waals surface area contributed by atoms with Crippen LogP contribution in [0.4, 0.5) is 5.13 Å². The molecule has 0 saturated carbocycles. The number of nitrogens with zero attached hydrogens (tertiary/aromatic N) is 4. The number of carbonyl (C=O) groups excluding carboxylic acids is 1. The number of fused-ring (bicyclic) bond motifs is 2. The van der Waals surface area contributed by atoms with E-state index in [1.807, 2.05) is 42.5 Å². The first-order chi connectivity index (χ1) is 14.8. The van der Waals surface area contributed by atoms with Crippen molar-refractivity contribution < 1.29 is 4.79 Å². The summed E-state index contributed by atoms with van der Waals surface area (Å²) < 4.78 is 0.750. The lowest BCUT2D eigenvalue weighted by Gasteiger charge is -2.06. The van der Waals surface area contributed by atoms with E-state index in [9.17, 15) is 4.79 Å². The van der Waals surface area contributed by atoms with Crippen LogP contribution in [-0.4, -0.2) is 26.1 Å². The van der Waals surface area contributed by atoms with Gasteiger partial charge in [-0.05, 0) is 49.1 Å². The zero-order chi connectivity index (χ0) is 20.3. The summed E-state index contributed by atoms with van der Waals surface area (Å²) in [6, 6.07) is 13.7. The van der Waals surface area contributed by atoms with Crippen molar-refractivity contribution in [2.45, 2.75) is 28.5 Å². The first-order valence-corrected chi connectivity index (χ1v) is 11.2. The van der Waals surface area contributed by atoms with Crippen molar-refractivity contribution in [3.63, 3.8) is 0 Å². The second-order valence-electron chi connectivity index (χ2n) is 6.79. The molecule has 1 aliphatic carbocycles. The Morgan fingerprint density at radius 2 is 2.03 bits per heavy atom. The summed E-state index contributed by atoms with van der Waals surface area (Å²) in [6.07, 6.45) is 9.02. The van der Waals surface area contributed by atoms with Gasteiger partial charge in [-0.1, -0.05) is 53.4 Å². The zero-order valence-electron chi connectivity index (χ0n) is 15.9. The first kappa shape index (κ1) is 18.9. The molecule has 1 N–H and O–H groups in total. The minimum absolute atomic E-state index is 0.280. The molecule has 4 aromatic rings. The van der Waals surface area contributed by atoms with Gasteiger partial charge in [-0.25, -0.2) is 4.98 Å². The smallest absolute Gasteiger partial charge is 0.276 e. The number of anilines is 1. The van der Waals surface area contributed by atoms with Gasteiger partial charge in [0.05, 0.1) is 11.2 Å². The van der Waals surface area contributed by atoms with Gasteiger partial charge in [-0.3, -0.25) is 15.1 Å². The summed E-state index contributed by atoms with van der Waals surface area (Å²) in [5.74, 6) is -0.280. The maximum atomic E-state index is 12.7. The van der Waals surface area contributed by atoms with Gasteiger partial charge < -0.3 is 0 Å². The lowest BCUT2D eigenvalue weighted by atomic mass is 10.1. The summed E-state index contributed by atoms with van der Waals surface area (Å²) >= 11 is 2.85. The van der Waals surface area contributed by atoms with Crippen molar-refractivity contribution >= 4 is 51.1 Å². The summed E-state index contributed by atoms with van der Waals surface area (Å²) in [6.45, 7) is 0. The first-order valence-electron chi connectivity index (χ1n) is 9.59. The number of hydrogen-bond acceptors (Lipinski definition) is 7. The predicted molar refractivity (Wildman–Crippen MR) is 120 cm³/mol. The molecule has 1 amide bonds. The molecule has 0 unspecified atom stereocenters. The highest BCUT2D eigenvalue weighted by molar-refractivity contribution is 8.01. The Bertz CT molecular complexity index is 1260. The zero-order valence-corrected chi connectivity index (χ0v) is 17.5. The molecule has 3 aromatic heterocycles. The topological polar surface area (TPSA) is 80.7 Å². The minimum atomic E-state index is -0.280. The Kier molecular flexibility index (Phi) is 5.25. The fraction of sp³-hybridized carbons (Fsp3) is 0.136. The van der Waals surface area contributed by atoms with Crippen LogP contribution in [0.5, 0.6) is 0 Å². The van der Waals surface area contributed by atoms with E-state index in [1.165, 1.54) is 28.7 Å². The molecule has 0 spiro atoms. The third-order valence-corrected chi connectivity index (χ3v) is 6.74. The van der Waals surface area contributed by atoms with Crippen LogP contribution >= 0.6 is 23.1 Å². The Labute approximate surface area is 181 Å². The maximum Gasteiger partial charge on any atom is 0.276 e. The number of pyridine rings is 2. The second kappa shape index (κ2) is 8.33. The fourth-order valence-corrected chi connectivity index (χ4v) is 5.13. The molecule has 6 nitrogen and oxygen atoms in total. The van der Waals surface area contributed by atoms with Crippen molar-refractivity contribution in [1.82, 2.24) is 20.2 Å². The van der Waals surface area contributed by atoms with Crippen LogP contribution in [0.25, 0.3) is 17.0 Å². The second-order valence-corrected chi connectivity index (χ2v) is 9.06. The number of para-hydroxylation sites is 1. The Morgan fingerprint density at radius 1 is 1.10 bits per heavy atom. The third-order valence-electron chi connectivity index (χ3n) is 4.77. The minimum Gasteiger partial charge on any atom is -0.295 e. The molecule has 1 aliphatic rings. The summed E-state index contributed by atoms with van der Waals surface area (Å²) in [5.41, 5.74) is 3.37. The maximum absolute atomic E-state index is 12.7. The van der Waals surface area contributed by atoms with Gasteiger partial charge in [0.15, 0.2) is 4.34 Å². The van der Waals surface area contributed by atoms with E-state index in [4.69, 9.17) is 0 Å². The number of nitrogens with one attached hydrogen (secondary N) is 1. The molecular weight excluding hydrogens is 414 g/mol. The highest BCUT2D eigenvalue weighted by Crippen LogP contribution is 2.35. The predicted octanol–water partition coefficient (Wildman–Crippen LogP) is 5.23. The molecule has 8 heteroatoms. The molecule has 0 radical (unpaired) electrons. The van der Waals surface area contributed by atoms with Crippen LogP contribution in [0.1, 0.15) is 34.6 Å². The SMILES string of the molecule is O=C(Nc1nnc(Sc2ccnc3ccccc23)s1)c1ccc2c(n1)C=CCCC2. The van der Waals surface area contributed by atoms with Crippen molar-refractivity contribution in [3.05, 3.63) is 71.7 Å². The van der Waals surface area contributed by atoms with Crippen LogP contribution in [-0.2, 0) is 6.42 Å². The number of carbonyl (C=O) groups is 1. The highest BCUT2D eigenvalue weighted by Gasteiger charge is 2.15. The highest BCUT2D eigenvalue weighted by atomic mass is 32.2. The largest absolute Gasteiger partial charge is 0.295 e. The molecule has 1 aromatic carbocycles. The van der Waals surface area contributed by atoms with E-state index < -0.39 is 0 Å². The van der Waals surface area contributed by atoms with Gasteiger partial charge in [-0.2, -0.15) is 0 Å². The molecule has 0 saturated heterocycles. The quantitative estimate of drug-likeness (QED) is 0.445. The number of aromatic nitrogens is 4. The molecule has 0 fully saturated rings. The lowest BCUT2D eigenvalue weighted by Crippen LogP contribution is -2.14. The molecule has 30 heavy (non-hydrogen) atoms. The molecule has 148 valence electrons. The number of rotatable bonds is 4. The lowest BCUT2D eigenvalue weighted by molar-refractivity contribution is 0.102. The van der Waals surface area contributed by atoms with Crippen molar-refractivity contribution in [2.75, 3.05) is 5.32 Å². The number of hydrogen-bond donors (Lipinski definition) is 1. The average molecular weight is 432 g/mol. The van der Waals surface area contributed by atoms with Gasteiger partial charge in [0.2, 0.25) is 5.13 Å². The van der Waals surface area contributed by atoms with Crippen LogP contribution in [0, 0.1) is 0 Å². The molecule has 3 heterocycles. The summed E-state index contributed by atoms with van der Waals surface area (Å²) in [5, 5.41) is 12.7. The number of allylic oxidation sites excluding steroid dienone is 1. The fourth-order valence-electron chi connectivity index (χ4n) is 3.31. The summed E-state index contributed by atoms with van der Waals surface area (Å²) in [7, 11) is 0. The van der Waals surface area contributed by atoms with Gasteiger partial charge >= 0.3 is 0 Å². The Balaban J connectivity index is 1.32. The van der Waals surface area contributed by atoms with E-state index >= 15 is 0 Å². The number of aryl methyl sites for hydroxylation is 1. The van der Waals surface area contributed by atoms with Crippen LogP contribution in [0.2, 0.25) is 0 Å². The molecule has 0 atom stereocenters. The van der Waals surface area contributed by atoms with Crippen LogP contribution in [0.15, 0.2) is 64.0 Å². The molecular formula is C22H17N5OS2. The van der Waals surface area contributed by atoms with E-state index in [0.29, 0.717) is 10.8 Å². The van der Waals surface area contributed by atoms with Gasteiger partial charge in [0.25, 0.3) is 5.91 Å². The standard InChI is InChI=1S/C22H17N5OS2/c28-20(18-11-10-14-6-2-1-3-8-16(14)24-18)25-21-26-27-22(30-21)29-19-12-13-23-17-9-5-4-7-15(17)19/h3-5,7-13H,1-2,6H2,(H,25,26,28). The number of benzene rings is 1. The normalized spacial score (nSPS) is 13.1. The van der Waals surface area contributed by atoms with Gasteiger partial charge in [0.1, 0.15) is 5.69 Å².